The molecular weight excluding hydrogens is 270 g/mol. The largest absolute Gasteiger partial charge is 0.360 e. The van der Waals surface area contributed by atoms with Crippen molar-refractivity contribution in [3.05, 3.63) is 40.1 Å². The van der Waals surface area contributed by atoms with E-state index in [0.29, 0.717) is 23.4 Å². The highest BCUT2D eigenvalue weighted by molar-refractivity contribution is 9.10. The van der Waals surface area contributed by atoms with Gasteiger partial charge in [-0.2, -0.15) is 0 Å². The van der Waals surface area contributed by atoms with Crippen molar-refractivity contribution in [2.75, 3.05) is 0 Å². The van der Waals surface area contributed by atoms with Gasteiger partial charge in [0.25, 0.3) is 0 Å². The molecule has 0 radical (unpaired) electrons. The lowest BCUT2D eigenvalue weighted by Crippen LogP contribution is -1.88. The van der Waals surface area contributed by atoms with Gasteiger partial charge in [-0.25, -0.2) is 0 Å². The summed E-state index contributed by atoms with van der Waals surface area (Å²) in [6.45, 7) is 1.93. The van der Waals surface area contributed by atoms with Crippen molar-refractivity contribution in [3.63, 3.8) is 0 Å². The number of benzene rings is 1. The van der Waals surface area contributed by atoms with Crippen LogP contribution in [0.2, 0.25) is 0 Å². The lowest BCUT2D eigenvalue weighted by atomic mass is 10.1. The Labute approximate surface area is 102 Å². The molecule has 0 bridgehead atoms. The summed E-state index contributed by atoms with van der Waals surface area (Å²) in [5, 5.41) is 3.94. The van der Waals surface area contributed by atoms with Crippen LogP contribution in [0.4, 0.5) is 0 Å². The minimum absolute atomic E-state index is 0.546. The van der Waals surface area contributed by atoms with E-state index in [1.165, 1.54) is 0 Å². The van der Waals surface area contributed by atoms with Gasteiger partial charge in [-0.3, -0.25) is 4.79 Å². The second-order valence-corrected chi connectivity index (χ2v) is 4.26. The molecule has 4 heteroatoms. The van der Waals surface area contributed by atoms with Crippen LogP contribution in [0.25, 0.3) is 11.3 Å². The van der Waals surface area contributed by atoms with Crippen LogP contribution in [0.5, 0.6) is 0 Å². The molecule has 0 N–H and O–H groups in total. The van der Waals surface area contributed by atoms with Gasteiger partial charge in [-0.1, -0.05) is 40.1 Å². The van der Waals surface area contributed by atoms with Crippen LogP contribution < -0.4 is 0 Å². The highest BCUT2D eigenvalue weighted by Gasteiger charge is 2.15. The average molecular weight is 280 g/mol. The second-order valence-electron chi connectivity index (χ2n) is 3.35. The monoisotopic (exact) mass is 279 g/mol. The fourth-order valence-electron chi connectivity index (χ4n) is 1.52. The van der Waals surface area contributed by atoms with Crippen molar-refractivity contribution in [3.8, 4) is 11.3 Å². The molecule has 0 amide bonds. The first-order valence-corrected chi connectivity index (χ1v) is 5.75. The number of aldehydes is 1. The summed E-state index contributed by atoms with van der Waals surface area (Å²) in [5.74, 6) is 0.632. The number of carbonyl (C=O) groups excluding carboxylic acids is 1. The van der Waals surface area contributed by atoms with E-state index in [-0.39, 0.29) is 0 Å². The molecule has 1 aromatic carbocycles. The lowest BCUT2D eigenvalue weighted by Gasteiger charge is -1.97. The number of aromatic nitrogens is 1. The summed E-state index contributed by atoms with van der Waals surface area (Å²) in [7, 11) is 0. The van der Waals surface area contributed by atoms with Crippen molar-refractivity contribution >= 4 is 22.2 Å². The molecule has 0 spiro atoms. The number of halogens is 1. The van der Waals surface area contributed by atoms with E-state index in [4.69, 9.17) is 4.52 Å². The van der Waals surface area contributed by atoms with E-state index in [1.807, 2.05) is 31.2 Å². The number of hydrogen-bond acceptors (Lipinski definition) is 3. The number of aryl methyl sites for hydroxylation is 1. The first-order valence-electron chi connectivity index (χ1n) is 4.96. The fourth-order valence-corrected chi connectivity index (χ4v) is 1.79. The summed E-state index contributed by atoms with van der Waals surface area (Å²) < 4.78 is 6.12. The molecule has 1 aromatic heterocycles. The normalized spacial score (nSPS) is 10.4. The Morgan fingerprint density at radius 1 is 1.38 bits per heavy atom. The molecule has 0 unspecified atom stereocenters. The molecule has 0 aliphatic carbocycles. The fraction of sp³-hybridized carbons (Fsp3) is 0.167. The molecule has 3 nitrogen and oxygen atoms in total. The third kappa shape index (κ3) is 1.93. The summed E-state index contributed by atoms with van der Waals surface area (Å²) in [6.07, 6.45) is 1.46. The summed E-state index contributed by atoms with van der Waals surface area (Å²) in [4.78, 5) is 11.0. The Balaban J connectivity index is 2.51. The van der Waals surface area contributed by atoms with Crippen LogP contribution >= 0.6 is 15.9 Å². The van der Waals surface area contributed by atoms with Gasteiger partial charge in [0.1, 0.15) is 11.5 Å². The van der Waals surface area contributed by atoms with E-state index < -0.39 is 0 Å². The Kier molecular flexibility index (Phi) is 3.19. The Hall–Kier alpha value is -1.42. The van der Waals surface area contributed by atoms with E-state index in [9.17, 15) is 4.79 Å². The number of carbonyl (C=O) groups is 1. The highest BCUT2D eigenvalue weighted by atomic mass is 79.9. The third-order valence-corrected chi connectivity index (χ3v) is 2.89. The van der Waals surface area contributed by atoms with Crippen molar-refractivity contribution in [1.29, 1.82) is 0 Å². The van der Waals surface area contributed by atoms with E-state index in [1.54, 1.807) is 0 Å². The molecule has 1 heterocycles. The number of nitrogens with zero attached hydrogens (tertiary/aromatic N) is 1. The van der Waals surface area contributed by atoms with Crippen LogP contribution in [0.15, 0.2) is 33.3 Å². The Bertz CT molecular complexity index is 502. The van der Waals surface area contributed by atoms with E-state index >= 15 is 0 Å². The Morgan fingerprint density at radius 2 is 2.06 bits per heavy atom. The smallest absolute Gasteiger partial charge is 0.155 e. The molecule has 2 rings (SSSR count). The van der Waals surface area contributed by atoms with Crippen LogP contribution in [0.3, 0.4) is 0 Å². The molecule has 0 aliphatic heterocycles. The predicted octanol–water partition coefficient (Wildman–Crippen LogP) is 3.48. The first-order chi connectivity index (χ1) is 7.76. The summed E-state index contributed by atoms with van der Waals surface area (Å²) >= 11 is 3.36. The van der Waals surface area contributed by atoms with Crippen LogP contribution in [-0.4, -0.2) is 11.4 Å². The van der Waals surface area contributed by atoms with E-state index in [2.05, 4.69) is 21.1 Å². The van der Waals surface area contributed by atoms with Crippen LogP contribution in [0, 0.1) is 0 Å². The van der Waals surface area contributed by atoms with Gasteiger partial charge in [0.2, 0.25) is 0 Å². The molecule has 82 valence electrons. The van der Waals surface area contributed by atoms with Crippen molar-refractivity contribution in [2.45, 2.75) is 13.3 Å². The standard InChI is InChI=1S/C12H10BrNO2/c1-2-11-10(7-15)12(14-16-11)8-3-5-9(13)6-4-8/h3-7H,2H2,1H3. The van der Waals surface area contributed by atoms with Crippen LogP contribution in [-0.2, 0) is 6.42 Å². The van der Waals surface area contributed by atoms with Crippen LogP contribution in [0.1, 0.15) is 23.0 Å². The molecule has 0 saturated heterocycles. The molecule has 16 heavy (non-hydrogen) atoms. The molecule has 0 aliphatic rings. The minimum atomic E-state index is 0.546. The van der Waals surface area contributed by atoms with Crippen molar-refractivity contribution in [2.24, 2.45) is 0 Å². The maximum absolute atomic E-state index is 11.0. The summed E-state index contributed by atoms with van der Waals surface area (Å²) in [5.41, 5.74) is 2.04. The van der Waals surface area contributed by atoms with Gasteiger partial charge < -0.3 is 4.52 Å². The molecule has 0 saturated carbocycles. The maximum atomic E-state index is 11.0. The molecule has 0 fully saturated rings. The minimum Gasteiger partial charge on any atom is -0.360 e. The highest BCUT2D eigenvalue weighted by Crippen LogP contribution is 2.25. The van der Waals surface area contributed by atoms with Gasteiger partial charge in [0.05, 0.1) is 5.56 Å². The zero-order chi connectivity index (χ0) is 11.5. The quantitative estimate of drug-likeness (QED) is 0.808. The van der Waals surface area contributed by atoms with Gasteiger partial charge in [-0.15, -0.1) is 0 Å². The summed E-state index contributed by atoms with van der Waals surface area (Å²) in [6, 6.07) is 7.61. The van der Waals surface area contributed by atoms with E-state index in [0.717, 1.165) is 16.3 Å². The average Bonchev–Trinajstić information content (AvgIpc) is 2.72. The molecule has 2 aromatic rings. The second kappa shape index (κ2) is 4.61. The third-order valence-electron chi connectivity index (χ3n) is 2.36. The molecule has 0 atom stereocenters. The van der Waals surface area contributed by atoms with Crippen molar-refractivity contribution < 1.29 is 9.32 Å². The lowest BCUT2D eigenvalue weighted by molar-refractivity contribution is 0.112. The van der Waals surface area contributed by atoms with Crippen molar-refractivity contribution in [1.82, 2.24) is 5.16 Å². The van der Waals surface area contributed by atoms with Gasteiger partial charge in [-0.05, 0) is 12.1 Å². The number of rotatable bonds is 3. The SMILES string of the molecule is CCc1onc(-c2ccc(Br)cc2)c1C=O. The zero-order valence-corrected chi connectivity index (χ0v) is 10.3. The van der Waals surface area contributed by atoms with Gasteiger partial charge in [0, 0.05) is 16.5 Å². The topological polar surface area (TPSA) is 43.1 Å². The maximum Gasteiger partial charge on any atom is 0.155 e. The van der Waals surface area contributed by atoms with Gasteiger partial charge in [0.15, 0.2) is 6.29 Å². The Morgan fingerprint density at radius 3 is 2.62 bits per heavy atom. The van der Waals surface area contributed by atoms with Gasteiger partial charge >= 0.3 is 0 Å². The predicted molar refractivity (Wildman–Crippen MR) is 64.4 cm³/mol. The number of hydrogen-bond donors (Lipinski definition) is 0. The molecular formula is C12H10BrNO2. The first kappa shape index (κ1) is 11.1. The zero-order valence-electron chi connectivity index (χ0n) is 8.74.